The molecule has 1 aromatic heterocycles. The Morgan fingerprint density at radius 1 is 1.45 bits per heavy atom. The molecule has 1 aromatic carbocycles. The van der Waals surface area contributed by atoms with E-state index in [1.165, 1.54) is 6.08 Å². The second kappa shape index (κ2) is 7.46. The Morgan fingerprint density at radius 2 is 2.23 bits per heavy atom. The summed E-state index contributed by atoms with van der Waals surface area (Å²) in [6.45, 7) is 5.52. The van der Waals surface area contributed by atoms with E-state index in [4.69, 9.17) is 9.15 Å². The highest BCUT2D eigenvalue weighted by Crippen LogP contribution is 2.29. The average molecular weight is 317 g/mol. The summed E-state index contributed by atoms with van der Waals surface area (Å²) in [5.41, 5.74) is 0.604. The average Bonchev–Trinajstić information content (AvgIpc) is 2.90. The van der Waals surface area contributed by atoms with Crippen molar-refractivity contribution in [2.75, 3.05) is 6.61 Å². The van der Waals surface area contributed by atoms with Gasteiger partial charge in [-0.25, -0.2) is 0 Å². The van der Waals surface area contributed by atoms with Gasteiger partial charge in [-0.05, 0) is 23.9 Å². The number of nitrogens with zero attached hydrogens (tertiary/aromatic N) is 2. The Kier molecular flexibility index (Phi) is 5.37. The Labute approximate surface area is 131 Å². The fourth-order valence-corrected chi connectivity index (χ4v) is 2.27. The van der Waals surface area contributed by atoms with Crippen LogP contribution in [0.2, 0.25) is 0 Å². The van der Waals surface area contributed by atoms with Gasteiger partial charge in [0.1, 0.15) is 12.4 Å². The van der Waals surface area contributed by atoms with E-state index in [-0.39, 0.29) is 10.1 Å². The highest BCUT2D eigenvalue weighted by molar-refractivity contribution is 8.03. The van der Waals surface area contributed by atoms with Gasteiger partial charge >= 0.3 is 0 Å². The van der Waals surface area contributed by atoms with Crippen molar-refractivity contribution in [3.63, 3.8) is 0 Å². The summed E-state index contributed by atoms with van der Waals surface area (Å²) in [6.07, 6.45) is 3.05. The molecular formula is C15H13N2O4S-. The Balaban J connectivity index is 2.29. The predicted octanol–water partition coefficient (Wildman–Crippen LogP) is 1.83. The van der Waals surface area contributed by atoms with E-state index in [0.717, 1.165) is 11.8 Å². The first kappa shape index (κ1) is 15.8. The molecule has 0 amide bonds. The number of aryl methyl sites for hydroxylation is 1. The number of aromatic nitrogens is 2. The first-order valence-electron chi connectivity index (χ1n) is 6.34. The number of carbonyl (C=O) groups is 1. The molecule has 0 N–H and O–H groups in total. The third kappa shape index (κ3) is 4.23. The topological polar surface area (TPSA) is 88.3 Å². The summed E-state index contributed by atoms with van der Waals surface area (Å²) in [5.74, 6) is -0.433. The van der Waals surface area contributed by atoms with Crippen molar-refractivity contribution in [2.45, 2.75) is 12.1 Å². The first-order valence-corrected chi connectivity index (χ1v) is 7.15. The summed E-state index contributed by atoms with van der Waals surface area (Å²) >= 11 is 0.828. The molecule has 0 aliphatic heterocycles. The second-order valence-electron chi connectivity index (χ2n) is 4.12. The van der Waals surface area contributed by atoms with E-state index in [1.54, 1.807) is 37.3 Å². The van der Waals surface area contributed by atoms with Crippen molar-refractivity contribution in [1.82, 2.24) is 10.2 Å². The quantitative estimate of drug-likeness (QED) is 0.437. The minimum Gasteiger partial charge on any atom is -0.544 e. The SMILES string of the molecule is C=CCOc1ccccc1/C=C(\Sc1nnc(C)o1)C(=O)[O-]. The molecule has 2 aromatic rings. The van der Waals surface area contributed by atoms with Crippen LogP contribution < -0.4 is 9.84 Å². The largest absolute Gasteiger partial charge is 0.544 e. The van der Waals surface area contributed by atoms with Gasteiger partial charge in [-0.15, -0.1) is 10.2 Å². The van der Waals surface area contributed by atoms with Crippen LogP contribution in [0.4, 0.5) is 0 Å². The molecule has 0 fully saturated rings. The van der Waals surface area contributed by atoms with E-state index in [0.29, 0.717) is 23.8 Å². The van der Waals surface area contributed by atoms with Crippen molar-refractivity contribution < 1.29 is 19.1 Å². The van der Waals surface area contributed by atoms with Gasteiger partial charge in [0.05, 0.1) is 5.97 Å². The van der Waals surface area contributed by atoms with Gasteiger partial charge in [0, 0.05) is 17.4 Å². The van der Waals surface area contributed by atoms with Crippen molar-refractivity contribution in [2.24, 2.45) is 0 Å². The minimum absolute atomic E-state index is 0.0571. The number of carboxylic acids is 1. The highest BCUT2D eigenvalue weighted by atomic mass is 32.2. The van der Waals surface area contributed by atoms with Crippen molar-refractivity contribution in [1.29, 1.82) is 0 Å². The van der Waals surface area contributed by atoms with Crippen LogP contribution in [0.5, 0.6) is 5.75 Å². The lowest BCUT2D eigenvalue weighted by atomic mass is 10.2. The van der Waals surface area contributed by atoms with Crippen molar-refractivity contribution in [3.05, 3.63) is 53.3 Å². The van der Waals surface area contributed by atoms with Gasteiger partial charge in [0.15, 0.2) is 0 Å². The van der Waals surface area contributed by atoms with Crippen LogP contribution in [0, 0.1) is 6.92 Å². The maximum Gasteiger partial charge on any atom is 0.281 e. The maximum atomic E-state index is 11.3. The number of benzene rings is 1. The molecule has 6 nitrogen and oxygen atoms in total. The van der Waals surface area contributed by atoms with Gasteiger partial charge < -0.3 is 19.1 Å². The van der Waals surface area contributed by atoms with E-state index < -0.39 is 5.97 Å². The van der Waals surface area contributed by atoms with E-state index in [1.807, 2.05) is 0 Å². The monoisotopic (exact) mass is 317 g/mol. The summed E-state index contributed by atoms with van der Waals surface area (Å²) in [5, 5.41) is 18.8. The van der Waals surface area contributed by atoms with Crippen LogP contribution >= 0.6 is 11.8 Å². The van der Waals surface area contributed by atoms with E-state index in [9.17, 15) is 9.90 Å². The fraction of sp³-hybridized carbons (Fsp3) is 0.133. The van der Waals surface area contributed by atoms with Gasteiger partial charge in [-0.2, -0.15) is 0 Å². The summed E-state index contributed by atoms with van der Waals surface area (Å²) in [4.78, 5) is 11.2. The molecule has 2 rings (SSSR count). The van der Waals surface area contributed by atoms with Crippen LogP contribution in [0.3, 0.4) is 0 Å². The number of thioether (sulfide) groups is 1. The molecule has 1 heterocycles. The molecule has 7 heteroatoms. The smallest absolute Gasteiger partial charge is 0.281 e. The van der Waals surface area contributed by atoms with Crippen LogP contribution in [-0.4, -0.2) is 22.8 Å². The Morgan fingerprint density at radius 3 is 2.86 bits per heavy atom. The molecule has 0 bridgehead atoms. The number of hydrogen-bond acceptors (Lipinski definition) is 7. The Bertz CT molecular complexity index is 709. The maximum absolute atomic E-state index is 11.3. The van der Waals surface area contributed by atoms with Crippen LogP contribution in [-0.2, 0) is 4.79 Å². The minimum atomic E-state index is -1.33. The van der Waals surface area contributed by atoms with Crippen LogP contribution in [0.15, 0.2) is 51.5 Å². The highest BCUT2D eigenvalue weighted by Gasteiger charge is 2.10. The lowest BCUT2D eigenvalue weighted by Gasteiger charge is -2.09. The molecule has 0 spiro atoms. The number of hydrogen-bond donors (Lipinski definition) is 0. The van der Waals surface area contributed by atoms with E-state index >= 15 is 0 Å². The van der Waals surface area contributed by atoms with Gasteiger partial charge in [0.25, 0.3) is 5.22 Å². The number of carbonyl (C=O) groups excluding carboxylic acids is 1. The lowest BCUT2D eigenvalue weighted by molar-refractivity contribution is -0.298. The zero-order chi connectivity index (χ0) is 15.9. The molecule has 22 heavy (non-hydrogen) atoms. The zero-order valence-electron chi connectivity index (χ0n) is 11.8. The van der Waals surface area contributed by atoms with Crippen molar-refractivity contribution >= 4 is 23.8 Å². The van der Waals surface area contributed by atoms with Gasteiger partial charge in [-0.1, -0.05) is 30.9 Å². The fourth-order valence-electron chi connectivity index (χ4n) is 1.56. The predicted molar refractivity (Wildman–Crippen MR) is 80.0 cm³/mol. The number of carboxylic acid groups (broad SMARTS) is 1. The number of aliphatic carboxylic acids is 1. The van der Waals surface area contributed by atoms with Gasteiger partial charge in [-0.3, -0.25) is 0 Å². The third-order valence-corrected chi connectivity index (χ3v) is 3.31. The van der Waals surface area contributed by atoms with Crippen molar-refractivity contribution in [3.8, 4) is 5.75 Å². The molecule has 0 atom stereocenters. The summed E-state index contributed by atoms with van der Waals surface area (Å²) < 4.78 is 10.6. The molecular weight excluding hydrogens is 304 g/mol. The molecule has 0 radical (unpaired) electrons. The molecule has 0 aliphatic rings. The zero-order valence-corrected chi connectivity index (χ0v) is 12.6. The third-order valence-electron chi connectivity index (χ3n) is 2.47. The molecule has 114 valence electrons. The standard InChI is InChI=1S/C15H14N2O4S/c1-3-8-20-12-7-5-4-6-11(12)9-13(14(18)19)22-15-17-16-10(2)21-15/h3-7,9H,1,8H2,2H3,(H,18,19)/p-1/b13-9-. The van der Waals surface area contributed by atoms with Gasteiger partial charge in [0.2, 0.25) is 5.89 Å². The molecule has 0 aliphatic carbocycles. The number of rotatable bonds is 7. The molecule has 0 saturated carbocycles. The lowest BCUT2D eigenvalue weighted by Crippen LogP contribution is -2.23. The van der Waals surface area contributed by atoms with E-state index in [2.05, 4.69) is 16.8 Å². The number of para-hydroxylation sites is 1. The molecule has 0 saturated heterocycles. The van der Waals surface area contributed by atoms with Crippen LogP contribution in [0.1, 0.15) is 11.5 Å². The Hall–Kier alpha value is -2.54. The normalized spacial score (nSPS) is 11.2. The summed E-state index contributed by atoms with van der Waals surface area (Å²) in [6, 6.07) is 7.05. The molecule has 0 unspecified atom stereocenters. The second-order valence-corrected chi connectivity index (χ2v) is 5.12. The summed E-state index contributed by atoms with van der Waals surface area (Å²) in [7, 11) is 0. The first-order chi connectivity index (χ1) is 10.6. The van der Waals surface area contributed by atoms with Crippen LogP contribution in [0.25, 0.3) is 6.08 Å². The number of ether oxygens (including phenoxy) is 1.